The number of sulfonamides is 1. The molecule has 2 unspecified atom stereocenters. The minimum Gasteiger partial charge on any atom is -0.352 e. The summed E-state index contributed by atoms with van der Waals surface area (Å²) in [4.78, 5) is 28.7. The summed E-state index contributed by atoms with van der Waals surface area (Å²) in [5.74, 6) is -1.00. The van der Waals surface area contributed by atoms with Crippen LogP contribution in [-0.2, 0) is 26.2 Å². The van der Waals surface area contributed by atoms with Crippen LogP contribution < -0.4 is 9.62 Å². The van der Waals surface area contributed by atoms with Gasteiger partial charge in [0.25, 0.3) is 10.0 Å². The highest BCUT2D eigenvalue weighted by molar-refractivity contribution is 7.92. The highest BCUT2D eigenvalue weighted by Crippen LogP contribution is 2.30. The molecule has 0 aliphatic heterocycles. The number of benzene rings is 3. The van der Waals surface area contributed by atoms with Gasteiger partial charge in [-0.2, -0.15) is 0 Å². The molecule has 0 bridgehead atoms. The van der Waals surface area contributed by atoms with E-state index in [2.05, 4.69) is 5.32 Å². The molecule has 0 aliphatic rings. The van der Waals surface area contributed by atoms with Crippen LogP contribution >= 0.6 is 46.4 Å². The molecule has 0 aromatic heterocycles. The van der Waals surface area contributed by atoms with Crippen LogP contribution in [0.3, 0.4) is 0 Å². The predicted molar refractivity (Wildman–Crippen MR) is 166 cm³/mol. The minimum absolute atomic E-state index is 0.0723. The van der Waals surface area contributed by atoms with Crippen LogP contribution in [0.4, 0.5) is 5.69 Å². The molecule has 0 aliphatic carbocycles. The molecule has 1 N–H and O–H groups in total. The van der Waals surface area contributed by atoms with E-state index >= 15 is 0 Å². The van der Waals surface area contributed by atoms with Crippen LogP contribution in [0.15, 0.2) is 71.6 Å². The van der Waals surface area contributed by atoms with Crippen molar-refractivity contribution in [2.24, 2.45) is 0 Å². The smallest absolute Gasteiger partial charge is 0.264 e. The third-order valence-electron chi connectivity index (χ3n) is 6.55. The minimum atomic E-state index is -4.27. The van der Waals surface area contributed by atoms with E-state index in [0.717, 1.165) is 4.31 Å². The number of rotatable bonds is 12. The van der Waals surface area contributed by atoms with Crippen molar-refractivity contribution in [3.05, 3.63) is 92.4 Å². The lowest BCUT2D eigenvalue weighted by atomic mass is 10.1. The van der Waals surface area contributed by atoms with E-state index in [1.54, 1.807) is 37.3 Å². The summed E-state index contributed by atoms with van der Waals surface area (Å²) in [5, 5.41) is 4.19. The zero-order valence-electron chi connectivity index (χ0n) is 22.8. The molecule has 7 nitrogen and oxygen atoms in total. The summed E-state index contributed by atoms with van der Waals surface area (Å²) in [5.41, 5.74) is 0.613. The van der Waals surface area contributed by atoms with E-state index < -0.39 is 28.5 Å². The molecule has 0 saturated heterocycles. The second kappa shape index (κ2) is 14.6. The van der Waals surface area contributed by atoms with Crippen molar-refractivity contribution >= 4 is 73.9 Å². The Kier molecular flexibility index (Phi) is 11.8. The molecule has 0 radical (unpaired) electrons. The summed E-state index contributed by atoms with van der Waals surface area (Å²) in [7, 11) is -4.27. The topological polar surface area (TPSA) is 86.8 Å². The lowest BCUT2D eigenvalue weighted by molar-refractivity contribution is -0.140. The third kappa shape index (κ3) is 8.30. The van der Waals surface area contributed by atoms with Gasteiger partial charge in [0.05, 0.1) is 10.6 Å². The van der Waals surface area contributed by atoms with Crippen LogP contribution in [0.1, 0.15) is 39.2 Å². The normalized spacial score (nSPS) is 12.9. The van der Waals surface area contributed by atoms with Gasteiger partial charge in [-0.3, -0.25) is 13.9 Å². The second-order valence-corrected chi connectivity index (χ2v) is 13.0. The highest BCUT2D eigenvalue weighted by Gasteiger charge is 2.34. The van der Waals surface area contributed by atoms with Gasteiger partial charge in [0, 0.05) is 38.2 Å². The molecule has 3 rings (SSSR count). The van der Waals surface area contributed by atoms with Crippen molar-refractivity contribution in [2.75, 3.05) is 10.8 Å². The van der Waals surface area contributed by atoms with Crippen LogP contribution in [0, 0.1) is 0 Å². The summed E-state index contributed by atoms with van der Waals surface area (Å²) in [6.07, 6.45) is 0.950. The first-order valence-electron chi connectivity index (χ1n) is 13.0. The molecule has 41 heavy (non-hydrogen) atoms. The zero-order valence-corrected chi connectivity index (χ0v) is 26.6. The molecular formula is C29H31Cl4N3O4S. The molecule has 0 heterocycles. The Morgan fingerprint density at radius 2 is 1.46 bits per heavy atom. The molecule has 220 valence electrons. The highest BCUT2D eigenvalue weighted by atomic mass is 35.5. The Morgan fingerprint density at radius 3 is 2.02 bits per heavy atom. The van der Waals surface area contributed by atoms with Gasteiger partial charge in [-0.1, -0.05) is 72.4 Å². The lowest BCUT2D eigenvalue weighted by Crippen LogP contribution is -2.53. The number of halogens is 4. The van der Waals surface area contributed by atoms with Crippen molar-refractivity contribution < 1.29 is 18.0 Å². The number of hydrogen-bond donors (Lipinski definition) is 1. The van der Waals surface area contributed by atoms with Crippen LogP contribution in [0.25, 0.3) is 0 Å². The summed E-state index contributed by atoms with van der Waals surface area (Å²) >= 11 is 25.1. The maximum absolute atomic E-state index is 14.1. The van der Waals surface area contributed by atoms with E-state index in [4.69, 9.17) is 46.4 Å². The molecule has 0 spiro atoms. The Hall–Kier alpha value is -2.49. The number of nitrogens with zero attached hydrogens (tertiary/aromatic N) is 2. The van der Waals surface area contributed by atoms with Gasteiger partial charge in [0.15, 0.2) is 0 Å². The first-order chi connectivity index (χ1) is 19.4. The molecule has 0 fully saturated rings. The SMILES string of the molecule is CCC(C)NC(=O)C(CC)N(Cc1c(Cl)cccc1Cl)C(=O)CN(c1cccc(Cl)c1)S(=O)(=O)c1ccc(Cl)cc1. The molecule has 0 saturated carbocycles. The maximum atomic E-state index is 14.1. The van der Waals surface area contributed by atoms with Crippen LogP contribution in [0.5, 0.6) is 0 Å². The Morgan fingerprint density at radius 1 is 0.854 bits per heavy atom. The number of nitrogens with one attached hydrogen (secondary N) is 1. The Bertz CT molecular complexity index is 1470. The first-order valence-corrected chi connectivity index (χ1v) is 15.9. The van der Waals surface area contributed by atoms with Gasteiger partial charge in [-0.15, -0.1) is 0 Å². The second-order valence-electron chi connectivity index (χ2n) is 9.41. The molecule has 2 amide bonds. The third-order valence-corrected chi connectivity index (χ3v) is 9.54. The van der Waals surface area contributed by atoms with E-state index in [0.29, 0.717) is 27.1 Å². The van der Waals surface area contributed by atoms with Gasteiger partial charge >= 0.3 is 0 Å². The monoisotopic (exact) mass is 657 g/mol. The van der Waals surface area contributed by atoms with Crippen molar-refractivity contribution in [3.8, 4) is 0 Å². The lowest BCUT2D eigenvalue weighted by Gasteiger charge is -2.34. The van der Waals surface area contributed by atoms with E-state index in [9.17, 15) is 18.0 Å². The van der Waals surface area contributed by atoms with Gasteiger partial charge < -0.3 is 10.2 Å². The molecule has 3 aromatic rings. The van der Waals surface area contributed by atoms with Gasteiger partial charge in [0.2, 0.25) is 11.8 Å². The van der Waals surface area contributed by atoms with Gasteiger partial charge in [-0.25, -0.2) is 8.42 Å². The molecular weight excluding hydrogens is 628 g/mol. The van der Waals surface area contributed by atoms with Crippen molar-refractivity contribution in [1.82, 2.24) is 10.2 Å². The average Bonchev–Trinajstić information content (AvgIpc) is 2.93. The fourth-order valence-electron chi connectivity index (χ4n) is 4.11. The molecule has 3 aromatic carbocycles. The number of amides is 2. The van der Waals surface area contributed by atoms with E-state index in [1.165, 1.54) is 41.3 Å². The van der Waals surface area contributed by atoms with Gasteiger partial charge in [-0.05, 0) is 74.4 Å². The number of carbonyl (C=O) groups is 2. The molecule has 2 atom stereocenters. The van der Waals surface area contributed by atoms with Crippen LogP contribution in [-0.4, -0.2) is 43.8 Å². The Balaban J connectivity index is 2.10. The quantitative estimate of drug-likeness (QED) is 0.223. The fraction of sp³-hybridized carbons (Fsp3) is 0.310. The predicted octanol–water partition coefficient (Wildman–Crippen LogP) is 7.22. The number of anilines is 1. The zero-order chi connectivity index (χ0) is 30.3. The van der Waals surface area contributed by atoms with Crippen LogP contribution in [0.2, 0.25) is 20.1 Å². The van der Waals surface area contributed by atoms with Crippen molar-refractivity contribution in [2.45, 2.75) is 57.1 Å². The number of hydrogen-bond acceptors (Lipinski definition) is 4. The Labute approximate surface area is 261 Å². The summed E-state index contributed by atoms with van der Waals surface area (Å²) in [6.45, 7) is 4.83. The maximum Gasteiger partial charge on any atom is 0.264 e. The van der Waals surface area contributed by atoms with Crippen molar-refractivity contribution in [3.63, 3.8) is 0 Å². The summed E-state index contributed by atoms with van der Waals surface area (Å²) in [6, 6.07) is 15.7. The van der Waals surface area contributed by atoms with Gasteiger partial charge in [0.1, 0.15) is 12.6 Å². The number of carbonyl (C=O) groups excluding carboxylic acids is 2. The van der Waals surface area contributed by atoms with Crippen molar-refractivity contribution in [1.29, 1.82) is 0 Å². The largest absolute Gasteiger partial charge is 0.352 e. The standard InChI is InChI=1S/C29H31Cl4N3O4S/c1-4-19(3)34-29(38)27(5-2)35(17-24-25(32)10-7-11-26(24)33)28(37)18-36(22-9-6-8-21(31)16-22)41(39,40)23-14-12-20(30)13-15-23/h6-16,19,27H,4-5,17-18H2,1-3H3,(H,34,38). The summed E-state index contributed by atoms with van der Waals surface area (Å²) < 4.78 is 28.7. The molecule has 12 heteroatoms. The van der Waals surface area contributed by atoms with E-state index in [1.807, 2.05) is 13.8 Å². The van der Waals surface area contributed by atoms with E-state index in [-0.39, 0.29) is 40.5 Å². The fourth-order valence-corrected chi connectivity index (χ4v) is 6.34. The first kappa shape index (κ1) is 33.0. The average molecular weight is 659 g/mol.